The first-order chi connectivity index (χ1) is 13.7. The maximum Gasteiger partial charge on any atom is 0.228 e. The normalized spacial score (nSPS) is 22.2. The summed E-state index contributed by atoms with van der Waals surface area (Å²) in [4.78, 5) is 27.3. The van der Waals surface area contributed by atoms with E-state index in [-0.39, 0.29) is 23.7 Å². The van der Waals surface area contributed by atoms with Gasteiger partial charge in [0.1, 0.15) is 13.2 Å². The molecule has 2 aromatic carbocycles. The van der Waals surface area contributed by atoms with E-state index in [2.05, 4.69) is 17.4 Å². The SMILES string of the molecule is O=C(Nc1ccc2c(c1)OCCO2)C1CC1C(=O)N1CCc2ccccc2C1. The molecule has 1 saturated carbocycles. The Balaban J connectivity index is 1.20. The summed E-state index contributed by atoms with van der Waals surface area (Å²) in [5.74, 6) is 0.859. The van der Waals surface area contributed by atoms with Gasteiger partial charge in [0, 0.05) is 24.8 Å². The average molecular weight is 378 g/mol. The van der Waals surface area contributed by atoms with Crippen LogP contribution >= 0.6 is 0 Å². The third-order valence-corrected chi connectivity index (χ3v) is 5.70. The molecule has 2 aromatic rings. The van der Waals surface area contributed by atoms with Crippen LogP contribution in [0.2, 0.25) is 0 Å². The van der Waals surface area contributed by atoms with E-state index in [0.29, 0.717) is 43.4 Å². The number of ether oxygens (including phenoxy) is 2. The van der Waals surface area contributed by atoms with Crippen LogP contribution in [0.5, 0.6) is 11.5 Å². The number of carbonyl (C=O) groups excluding carboxylic acids is 2. The molecule has 2 aliphatic heterocycles. The molecule has 6 nitrogen and oxygen atoms in total. The fraction of sp³-hybridized carbons (Fsp3) is 0.364. The highest BCUT2D eigenvalue weighted by atomic mass is 16.6. The lowest BCUT2D eigenvalue weighted by molar-refractivity contribution is -0.135. The summed E-state index contributed by atoms with van der Waals surface area (Å²) in [7, 11) is 0. The number of nitrogens with zero attached hydrogens (tertiary/aromatic N) is 1. The van der Waals surface area contributed by atoms with Crippen molar-refractivity contribution in [1.82, 2.24) is 4.90 Å². The van der Waals surface area contributed by atoms with Crippen LogP contribution in [0.25, 0.3) is 0 Å². The molecule has 0 saturated heterocycles. The van der Waals surface area contributed by atoms with E-state index in [1.54, 1.807) is 18.2 Å². The molecule has 144 valence electrons. The summed E-state index contributed by atoms with van der Waals surface area (Å²) in [6.45, 7) is 2.40. The molecule has 1 aliphatic carbocycles. The highest BCUT2D eigenvalue weighted by Gasteiger charge is 2.49. The number of carbonyl (C=O) groups is 2. The molecule has 0 aromatic heterocycles. The van der Waals surface area contributed by atoms with E-state index in [4.69, 9.17) is 9.47 Å². The van der Waals surface area contributed by atoms with Gasteiger partial charge in [-0.15, -0.1) is 0 Å². The minimum absolute atomic E-state index is 0.0943. The molecular weight excluding hydrogens is 356 g/mol. The van der Waals surface area contributed by atoms with Gasteiger partial charge in [-0.1, -0.05) is 24.3 Å². The Morgan fingerprint density at radius 1 is 0.964 bits per heavy atom. The predicted octanol–water partition coefficient (Wildman–Crippen LogP) is 2.62. The van der Waals surface area contributed by atoms with Crippen molar-refractivity contribution in [2.75, 3.05) is 25.1 Å². The zero-order valence-electron chi connectivity index (χ0n) is 15.5. The molecule has 0 radical (unpaired) electrons. The van der Waals surface area contributed by atoms with Crippen molar-refractivity contribution >= 4 is 17.5 Å². The highest BCUT2D eigenvalue weighted by molar-refractivity contribution is 5.99. The Kier molecular flexibility index (Phi) is 4.19. The van der Waals surface area contributed by atoms with E-state index < -0.39 is 0 Å². The minimum atomic E-state index is -0.252. The number of nitrogens with one attached hydrogen (secondary N) is 1. The van der Waals surface area contributed by atoms with Gasteiger partial charge in [0.2, 0.25) is 11.8 Å². The first kappa shape index (κ1) is 17.1. The van der Waals surface area contributed by atoms with Crippen molar-refractivity contribution in [3.8, 4) is 11.5 Å². The van der Waals surface area contributed by atoms with Crippen LogP contribution in [-0.2, 0) is 22.6 Å². The van der Waals surface area contributed by atoms with Crippen LogP contribution in [0.1, 0.15) is 17.5 Å². The summed E-state index contributed by atoms with van der Waals surface area (Å²) in [6.07, 6.45) is 1.50. The van der Waals surface area contributed by atoms with Gasteiger partial charge in [-0.3, -0.25) is 9.59 Å². The number of rotatable bonds is 3. The lowest BCUT2D eigenvalue weighted by Gasteiger charge is -2.29. The van der Waals surface area contributed by atoms with Crippen LogP contribution in [0.15, 0.2) is 42.5 Å². The second-order valence-electron chi connectivity index (χ2n) is 7.57. The number of benzene rings is 2. The van der Waals surface area contributed by atoms with Crippen molar-refractivity contribution in [3.05, 3.63) is 53.6 Å². The molecule has 1 fully saturated rings. The first-order valence-corrected chi connectivity index (χ1v) is 9.75. The Hall–Kier alpha value is -3.02. The first-order valence-electron chi connectivity index (χ1n) is 9.75. The monoisotopic (exact) mass is 378 g/mol. The molecule has 2 heterocycles. The number of amides is 2. The summed E-state index contributed by atoms with van der Waals surface area (Å²) in [6, 6.07) is 13.6. The van der Waals surface area contributed by atoms with E-state index in [1.165, 1.54) is 11.1 Å². The Bertz CT molecular complexity index is 942. The zero-order valence-corrected chi connectivity index (χ0v) is 15.5. The van der Waals surface area contributed by atoms with Gasteiger partial charge >= 0.3 is 0 Å². The molecule has 5 rings (SSSR count). The molecule has 0 bridgehead atoms. The molecular formula is C22H22N2O4. The molecule has 2 unspecified atom stereocenters. The average Bonchev–Trinajstić information content (AvgIpc) is 3.54. The minimum Gasteiger partial charge on any atom is -0.486 e. The lowest BCUT2D eigenvalue weighted by Crippen LogP contribution is -2.37. The van der Waals surface area contributed by atoms with Crippen molar-refractivity contribution < 1.29 is 19.1 Å². The van der Waals surface area contributed by atoms with Crippen molar-refractivity contribution in [2.45, 2.75) is 19.4 Å². The number of fused-ring (bicyclic) bond motifs is 2. The third kappa shape index (κ3) is 3.19. The summed E-state index contributed by atoms with van der Waals surface area (Å²) >= 11 is 0. The number of hydrogen-bond acceptors (Lipinski definition) is 4. The molecule has 2 amide bonds. The topological polar surface area (TPSA) is 67.9 Å². The van der Waals surface area contributed by atoms with E-state index >= 15 is 0 Å². The molecule has 0 spiro atoms. The second-order valence-corrected chi connectivity index (χ2v) is 7.57. The van der Waals surface area contributed by atoms with Crippen LogP contribution in [0, 0.1) is 11.8 Å². The summed E-state index contributed by atoms with van der Waals surface area (Å²) < 4.78 is 11.0. The highest BCUT2D eigenvalue weighted by Crippen LogP contribution is 2.42. The number of anilines is 1. The van der Waals surface area contributed by atoms with E-state index in [0.717, 1.165) is 13.0 Å². The predicted molar refractivity (Wildman–Crippen MR) is 103 cm³/mol. The quantitative estimate of drug-likeness (QED) is 0.892. The number of hydrogen-bond donors (Lipinski definition) is 1. The van der Waals surface area contributed by atoms with Gasteiger partial charge in [-0.2, -0.15) is 0 Å². The summed E-state index contributed by atoms with van der Waals surface area (Å²) in [5.41, 5.74) is 3.19. The molecule has 3 aliphatic rings. The third-order valence-electron chi connectivity index (χ3n) is 5.70. The fourth-order valence-electron chi connectivity index (χ4n) is 4.03. The Morgan fingerprint density at radius 2 is 1.75 bits per heavy atom. The van der Waals surface area contributed by atoms with Gasteiger partial charge < -0.3 is 19.7 Å². The summed E-state index contributed by atoms with van der Waals surface area (Å²) in [5, 5.41) is 2.91. The van der Waals surface area contributed by atoms with Crippen LogP contribution in [-0.4, -0.2) is 36.5 Å². The van der Waals surface area contributed by atoms with Crippen molar-refractivity contribution in [3.63, 3.8) is 0 Å². The standard InChI is InChI=1S/C22H22N2O4/c25-21(23-16-5-6-19-20(11-16)28-10-9-27-19)17-12-18(17)22(26)24-8-7-14-3-1-2-4-15(14)13-24/h1-6,11,17-18H,7-10,12-13H2,(H,23,25). The maximum atomic E-state index is 12.8. The maximum absolute atomic E-state index is 12.8. The van der Waals surface area contributed by atoms with Gasteiger partial charge in [-0.05, 0) is 36.1 Å². The van der Waals surface area contributed by atoms with Crippen molar-refractivity contribution in [2.24, 2.45) is 11.8 Å². The molecule has 1 N–H and O–H groups in total. The Labute approximate surface area is 163 Å². The second kappa shape index (κ2) is 6.86. The van der Waals surface area contributed by atoms with Crippen LogP contribution in [0.4, 0.5) is 5.69 Å². The van der Waals surface area contributed by atoms with Gasteiger partial charge in [-0.25, -0.2) is 0 Å². The van der Waals surface area contributed by atoms with E-state index in [1.807, 2.05) is 17.0 Å². The van der Waals surface area contributed by atoms with Gasteiger partial charge in [0.15, 0.2) is 11.5 Å². The fourth-order valence-corrected chi connectivity index (χ4v) is 4.03. The molecule has 2 atom stereocenters. The molecule has 28 heavy (non-hydrogen) atoms. The van der Waals surface area contributed by atoms with Gasteiger partial charge in [0.25, 0.3) is 0 Å². The zero-order chi connectivity index (χ0) is 19.1. The van der Waals surface area contributed by atoms with Gasteiger partial charge in [0.05, 0.1) is 11.8 Å². The van der Waals surface area contributed by atoms with E-state index in [9.17, 15) is 9.59 Å². The van der Waals surface area contributed by atoms with Crippen LogP contribution < -0.4 is 14.8 Å². The van der Waals surface area contributed by atoms with Crippen LogP contribution in [0.3, 0.4) is 0 Å². The smallest absolute Gasteiger partial charge is 0.228 e. The molecule has 6 heteroatoms. The Morgan fingerprint density at radius 3 is 2.61 bits per heavy atom. The van der Waals surface area contributed by atoms with Crippen molar-refractivity contribution in [1.29, 1.82) is 0 Å². The largest absolute Gasteiger partial charge is 0.486 e. The lowest BCUT2D eigenvalue weighted by atomic mass is 9.99.